The van der Waals surface area contributed by atoms with E-state index >= 15 is 0 Å². The van der Waals surface area contributed by atoms with Crippen molar-refractivity contribution in [2.75, 3.05) is 44.3 Å². The van der Waals surface area contributed by atoms with Gasteiger partial charge in [-0.25, -0.2) is 4.98 Å². The lowest BCUT2D eigenvalue weighted by Crippen LogP contribution is -2.48. The molecule has 0 radical (unpaired) electrons. The van der Waals surface area contributed by atoms with E-state index in [4.69, 9.17) is 9.15 Å². The van der Waals surface area contributed by atoms with Gasteiger partial charge in [-0.3, -0.25) is 4.79 Å². The number of amides is 1. The molecular formula is C16H20N4O3. The van der Waals surface area contributed by atoms with Crippen molar-refractivity contribution in [1.82, 2.24) is 14.9 Å². The third kappa shape index (κ3) is 2.88. The molecular weight excluding hydrogens is 296 g/mol. The first kappa shape index (κ1) is 14.4. The number of oxazole rings is 1. The van der Waals surface area contributed by atoms with Crippen molar-refractivity contribution in [2.45, 2.75) is 12.8 Å². The number of aromatic nitrogens is 2. The topological polar surface area (TPSA) is 71.7 Å². The molecule has 7 nitrogen and oxygen atoms in total. The van der Waals surface area contributed by atoms with Gasteiger partial charge in [0.2, 0.25) is 11.6 Å². The van der Waals surface area contributed by atoms with Crippen LogP contribution in [0, 0.1) is 5.92 Å². The molecule has 4 heterocycles. The van der Waals surface area contributed by atoms with Gasteiger partial charge < -0.3 is 19.0 Å². The van der Waals surface area contributed by atoms with Crippen LogP contribution in [0.1, 0.15) is 12.8 Å². The predicted octanol–water partition coefficient (Wildman–Crippen LogP) is 1.30. The summed E-state index contributed by atoms with van der Waals surface area (Å²) in [6.45, 7) is 4.19. The van der Waals surface area contributed by atoms with E-state index in [2.05, 4.69) is 14.9 Å². The number of anilines is 1. The number of hydrogen-bond donors (Lipinski definition) is 0. The van der Waals surface area contributed by atoms with Gasteiger partial charge in [0.05, 0.1) is 19.1 Å². The first-order valence-corrected chi connectivity index (χ1v) is 8.14. The summed E-state index contributed by atoms with van der Waals surface area (Å²) in [5, 5.41) is 0. The van der Waals surface area contributed by atoms with Gasteiger partial charge in [0.25, 0.3) is 6.01 Å². The number of carbonyl (C=O) groups is 1. The van der Waals surface area contributed by atoms with Gasteiger partial charge in [0.1, 0.15) is 0 Å². The van der Waals surface area contributed by atoms with Crippen molar-refractivity contribution < 1.29 is 13.9 Å². The van der Waals surface area contributed by atoms with Crippen molar-refractivity contribution in [1.29, 1.82) is 0 Å². The molecule has 0 aliphatic carbocycles. The number of hydrogen-bond acceptors (Lipinski definition) is 6. The second kappa shape index (κ2) is 6.16. The first-order chi connectivity index (χ1) is 11.3. The Labute approximate surface area is 134 Å². The first-order valence-electron chi connectivity index (χ1n) is 8.14. The summed E-state index contributed by atoms with van der Waals surface area (Å²) >= 11 is 0. The standard InChI is InChI=1S/C16H20N4O3/c21-15(19-7-9-22-10-8-19)12-3-2-6-20(11-12)16-18-14-13(23-16)4-1-5-17-14/h1,4-5,12H,2-3,6-11H2. The van der Waals surface area contributed by atoms with Crippen molar-refractivity contribution in [3.05, 3.63) is 18.3 Å². The maximum atomic E-state index is 12.7. The van der Waals surface area contributed by atoms with E-state index in [1.807, 2.05) is 17.0 Å². The summed E-state index contributed by atoms with van der Waals surface area (Å²) < 4.78 is 11.1. The highest BCUT2D eigenvalue weighted by atomic mass is 16.5. The second-order valence-electron chi connectivity index (χ2n) is 6.04. The molecule has 2 fully saturated rings. The average Bonchev–Trinajstić information content (AvgIpc) is 3.06. The predicted molar refractivity (Wildman–Crippen MR) is 84.1 cm³/mol. The number of rotatable bonds is 2. The molecule has 2 saturated heterocycles. The van der Waals surface area contributed by atoms with Gasteiger partial charge >= 0.3 is 0 Å². The van der Waals surface area contributed by atoms with Gasteiger partial charge in [0, 0.05) is 32.4 Å². The number of ether oxygens (including phenoxy) is 1. The number of fused-ring (bicyclic) bond motifs is 1. The molecule has 0 N–H and O–H groups in total. The molecule has 0 spiro atoms. The Morgan fingerprint density at radius 3 is 2.96 bits per heavy atom. The molecule has 0 aromatic carbocycles. The molecule has 4 rings (SSSR count). The van der Waals surface area contributed by atoms with Crippen LogP contribution < -0.4 is 4.90 Å². The second-order valence-corrected chi connectivity index (χ2v) is 6.04. The highest BCUT2D eigenvalue weighted by molar-refractivity contribution is 5.80. The molecule has 2 aromatic heterocycles. The normalized spacial score (nSPS) is 22.5. The molecule has 1 atom stereocenters. The van der Waals surface area contributed by atoms with Gasteiger partial charge in [-0.15, -0.1) is 0 Å². The molecule has 122 valence electrons. The van der Waals surface area contributed by atoms with Gasteiger partial charge in [-0.05, 0) is 25.0 Å². The zero-order valence-corrected chi connectivity index (χ0v) is 13.0. The fourth-order valence-electron chi connectivity index (χ4n) is 3.29. The lowest BCUT2D eigenvalue weighted by Gasteiger charge is -2.35. The van der Waals surface area contributed by atoms with Gasteiger partial charge in [-0.2, -0.15) is 4.98 Å². The Balaban J connectivity index is 1.48. The summed E-state index contributed by atoms with van der Waals surface area (Å²) in [4.78, 5) is 25.3. The molecule has 0 bridgehead atoms. The molecule has 1 unspecified atom stereocenters. The third-order valence-corrected chi connectivity index (χ3v) is 4.52. The van der Waals surface area contributed by atoms with Crippen LogP contribution in [-0.2, 0) is 9.53 Å². The molecule has 2 aromatic rings. The van der Waals surface area contributed by atoms with Crippen molar-refractivity contribution in [2.24, 2.45) is 5.92 Å². The number of nitrogens with zero attached hydrogens (tertiary/aromatic N) is 4. The van der Waals surface area contributed by atoms with Gasteiger partial charge in [-0.1, -0.05) is 0 Å². The minimum atomic E-state index is 0.00446. The Morgan fingerprint density at radius 2 is 2.13 bits per heavy atom. The molecule has 1 amide bonds. The Bertz CT molecular complexity index is 662. The van der Waals surface area contributed by atoms with Crippen LogP contribution >= 0.6 is 0 Å². The zero-order chi connectivity index (χ0) is 15.6. The lowest BCUT2D eigenvalue weighted by atomic mass is 9.96. The van der Waals surface area contributed by atoms with E-state index in [0.29, 0.717) is 50.1 Å². The van der Waals surface area contributed by atoms with E-state index < -0.39 is 0 Å². The van der Waals surface area contributed by atoms with E-state index in [1.165, 1.54) is 0 Å². The van der Waals surface area contributed by atoms with E-state index in [0.717, 1.165) is 19.4 Å². The van der Waals surface area contributed by atoms with Crippen LogP contribution in [0.5, 0.6) is 0 Å². The fraction of sp³-hybridized carbons (Fsp3) is 0.562. The quantitative estimate of drug-likeness (QED) is 0.831. The Hall–Kier alpha value is -2.15. The molecule has 2 aliphatic rings. The van der Waals surface area contributed by atoms with Crippen molar-refractivity contribution in [3.63, 3.8) is 0 Å². The summed E-state index contributed by atoms with van der Waals surface area (Å²) in [6.07, 6.45) is 3.59. The SMILES string of the molecule is O=C(C1CCCN(c2nc3ncccc3o2)C1)N1CCOCC1. The van der Waals surface area contributed by atoms with Crippen LogP contribution in [0.3, 0.4) is 0 Å². The maximum Gasteiger partial charge on any atom is 0.299 e. The average molecular weight is 316 g/mol. The highest BCUT2D eigenvalue weighted by Crippen LogP contribution is 2.26. The van der Waals surface area contributed by atoms with E-state index in [9.17, 15) is 4.79 Å². The smallest absolute Gasteiger partial charge is 0.299 e. The molecule has 2 aliphatic heterocycles. The largest absolute Gasteiger partial charge is 0.422 e. The monoisotopic (exact) mass is 316 g/mol. The number of morpholine rings is 1. The molecule has 0 saturated carbocycles. The Morgan fingerprint density at radius 1 is 1.26 bits per heavy atom. The van der Waals surface area contributed by atoms with Gasteiger partial charge in [0.15, 0.2) is 5.58 Å². The van der Waals surface area contributed by atoms with Crippen molar-refractivity contribution in [3.8, 4) is 0 Å². The zero-order valence-electron chi connectivity index (χ0n) is 13.0. The summed E-state index contributed by atoms with van der Waals surface area (Å²) in [5.74, 6) is 0.233. The number of piperidine rings is 1. The minimum absolute atomic E-state index is 0.00446. The fourth-order valence-corrected chi connectivity index (χ4v) is 3.29. The van der Waals surface area contributed by atoms with E-state index in [1.54, 1.807) is 6.20 Å². The maximum absolute atomic E-state index is 12.7. The van der Waals surface area contributed by atoms with Crippen LogP contribution in [-0.4, -0.2) is 60.2 Å². The van der Waals surface area contributed by atoms with Crippen LogP contribution in [0.15, 0.2) is 22.7 Å². The third-order valence-electron chi connectivity index (χ3n) is 4.52. The summed E-state index contributed by atoms with van der Waals surface area (Å²) in [7, 11) is 0. The van der Waals surface area contributed by atoms with Crippen LogP contribution in [0.25, 0.3) is 11.2 Å². The number of pyridine rings is 1. The lowest BCUT2D eigenvalue weighted by molar-refractivity contribution is -0.139. The number of carbonyl (C=O) groups excluding carboxylic acids is 1. The molecule has 23 heavy (non-hydrogen) atoms. The minimum Gasteiger partial charge on any atom is -0.422 e. The van der Waals surface area contributed by atoms with Crippen LogP contribution in [0.2, 0.25) is 0 Å². The summed E-state index contributed by atoms with van der Waals surface area (Å²) in [6, 6.07) is 4.26. The highest BCUT2D eigenvalue weighted by Gasteiger charge is 2.31. The van der Waals surface area contributed by atoms with Crippen LogP contribution in [0.4, 0.5) is 6.01 Å². The Kier molecular flexibility index (Phi) is 3.87. The molecule has 7 heteroatoms. The van der Waals surface area contributed by atoms with Crippen molar-refractivity contribution >= 4 is 23.2 Å². The summed E-state index contributed by atoms with van der Waals surface area (Å²) in [5.41, 5.74) is 1.30. The van der Waals surface area contributed by atoms with E-state index in [-0.39, 0.29) is 11.8 Å².